The van der Waals surface area contributed by atoms with Gasteiger partial charge in [0.2, 0.25) is 0 Å². The van der Waals surface area contributed by atoms with Crippen LogP contribution >= 0.6 is 0 Å². The van der Waals surface area contributed by atoms with Gasteiger partial charge in [-0.15, -0.1) is 0 Å². The van der Waals surface area contributed by atoms with Gasteiger partial charge in [0, 0.05) is 12.8 Å². The van der Waals surface area contributed by atoms with Crippen LogP contribution in [0.15, 0.2) is 97.1 Å². The average molecular weight is 949 g/mol. The summed E-state index contributed by atoms with van der Waals surface area (Å²) in [6.07, 6.45) is -29.6. The highest BCUT2D eigenvalue weighted by molar-refractivity contribution is 5.92. The van der Waals surface area contributed by atoms with E-state index in [0.29, 0.717) is 92.1 Å². The molecular weight excluding hydrogens is 916 g/mol. The fourth-order valence-electron chi connectivity index (χ4n) is 7.72. The van der Waals surface area contributed by atoms with E-state index in [-0.39, 0.29) is 12.8 Å². The van der Waals surface area contributed by atoms with E-state index in [0.717, 1.165) is 24.3 Å². The van der Waals surface area contributed by atoms with Gasteiger partial charge in [-0.2, -0.15) is 52.7 Å². The zero-order valence-electron chi connectivity index (χ0n) is 33.4. The predicted molar refractivity (Wildman–Crippen MR) is 198 cm³/mol. The molecule has 0 aromatic heterocycles. The number of carbonyl (C=O) groups excluding carboxylic acids is 4. The molecule has 1 saturated heterocycles. The van der Waals surface area contributed by atoms with Crippen LogP contribution in [0.25, 0.3) is 0 Å². The van der Waals surface area contributed by atoms with E-state index in [1.54, 1.807) is 0 Å². The third kappa shape index (κ3) is 10.4. The number of alkyl halides is 12. The van der Waals surface area contributed by atoms with Crippen molar-refractivity contribution in [1.82, 2.24) is 0 Å². The van der Waals surface area contributed by atoms with Crippen LogP contribution in [-0.2, 0) is 53.1 Å². The Morgan fingerprint density at radius 1 is 0.379 bits per heavy atom. The summed E-state index contributed by atoms with van der Waals surface area (Å²) in [6.45, 7) is 0. The standard InChI is InChI=1S/C44H32F12O10/c45-41(46,47)26-12-4-22(5-13-26)36(57)61-30-31(62-37(58)23-6-14-27(15-7-23)42(48,49)50)33(64-39(60)25-10-18-29(19-11-25)44(54,55)56)35-34(65-40(66-35)20-2-1-3-21-40)32(30)63-38(59)24-8-16-28(17-9-24)43(51,52)53/h4-19,30-35H,1-3,20-21H2/t30-,31+,32+,33-,34-,35+. The van der Waals surface area contributed by atoms with Crippen LogP contribution in [0.3, 0.4) is 0 Å². The van der Waals surface area contributed by atoms with Gasteiger partial charge in [-0.25, -0.2) is 19.2 Å². The van der Waals surface area contributed by atoms with Gasteiger partial charge >= 0.3 is 48.6 Å². The Morgan fingerprint density at radius 3 is 0.833 bits per heavy atom. The molecule has 6 atom stereocenters. The Balaban J connectivity index is 1.35. The topological polar surface area (TPSA) is 124 Å². The Labute approximate surface area is 364 Å². The van der Waals surface area contributed by atoms with Crippen molar-refractivity contribution in [3.05, 3.63) is 142 Å². The number of ether oxygens (including phenoxy) is 6. The van der Waals surface area contributed by atoms with Gasteiger partial charge in [0.25, 0.3) is 0 Å². The average Bonchev–Trinajstić information content (AvgIpc) is 3.62. The molecule has 7 rings (SSSR count). The molecule has 0 unspecified atom stereocenters. The third-order valence-electron chi connectivity index (χ3n) is 11.0. The van der Waals surface area contributed by atoms with Gasteiger partial charge < -0.3 is 28.4 Å². The maximum absolute atomic E-state index is 13.9. The molecule has 22 heteroatoms. The third-order valence-corrected chi connectivity index (χ3v) is 11.0. The van der Waals surface area contributed by atoms with Crippen molar-refractivity contribution in [2.45, 2.75) is 99.2 Å². The number of hydrogen-bond acceptors (Lipinski definition) is 10. The van der Waals surface area contributed by atoms with Gasteiger partial charge in [0.1, 0.15) is 12.2 Å². The molecule has 4 aromatic carbocycles. The lowest BCUT2D eigenvalue weighted by molar-refractivity contribution is -0.203. The number of carbonyl (C=O) groups is 4. The second-order valence-electron chi connectivity index (χ2n) is 15.4. The molecule has 1 heterocycles. The summed E-state index contributed by atoms with van der Waals surface area (Å²) < 4.78 is 197. The minimum Gasteiger partial charge on any atom is -0.452 e. The van der Waals surface area contributed by atoms with E-state index >= 15 is 0 Å². The minimum absolute atomic E-state index is 0.130. The number of halogens is 12. The lowest BCUT2D eigenvalue weighted by Crippen LogP contribution is -2.66. The normalized spacial score (nSPS) is 23.1. The molecule has 3 aliphatic rings. The largest absolute Gasteiger partial charge is 0.452 e. The van der Waals surface area contributed by atoms with Crippen LogP contribution in [0.5, 0.6) is 0 Å². The summed E-state index contributed by atoms with van der Waals surface area (Å²) in [5.74, 6) is -7.36. The molecule has 3 fully saturated rings. The number of esters is 4. The molecule has 2 aliphatic carbocycles. The summed E-state index contributed by atoms with van der Waals surface area (Å²) in [5, 5.41) is 0. The summed E-state index contributed by atoms with van der Waals surface area (Å²) >= 11 is 0. The number of fused-ring (bicyclic) bond motifs is 1. The highest BCUT2D eigenvalue weighted by atomic mass is 19.4. The van der Waals surface area contributed by atoms with Crippen LogP contribution in [0, 0.1) is 0 Å². The lowest BCUT2D eigenvalue weighted by Gasteiger charge is -2.44. The maximum Gasteiger partial charge on any atom is 0.416 e. The van der Waals surface area contributed by atoms with Crippen LogP contribution in [0.1, 0.15) is 95.8 Å². The summed E-state index contributed by atoms with van der Waals surface area (Å²) in [5.41, 5.74) is -6.94. The maximum atomic E-state index is 13.9. The predicted octanol–water partition coefficient (Wildman–Crippen LogP) is 10.4. The van der Waals surface area contributed by atoms with Crippen molar-refractivity contribution in [3.63, 3.8) is 0 Å². The molecule has 1 spiro atoms. The molecule has 0 bridgehead atoms. The molecule has 4 aromatic rings. The van der Waals surface area contributed by atoms with E-state index in [1.165, 1.54) is 0 Å². The Kier molecular flexibility index (Phi) is 13.0. The zero-order chi connectivity index (χ0) is 48.0. The molecular formula is C44H32F12O10. The molecule has 0 N–H and O–H groups in total. The van der Waals surface area contributed by atoms with Crippen molar-refractivity contribution < 1.29 is 100 Å². The van der Waals surface area contributed by atoms with Gasteiger partial charge in [-0.05, 0) is 110 Å². The van der Waals surface area contributed by atoms with Gasteiger partial charge in [-0.3, -0.25) is 0 Å². The molecule has 1 aliphatic heterocycles. The molecule has 0 amide bonds. The first kappa shape index (κ1) is 47.8. The first-order chi connectivity index (χ1) is 30.8. The van der Waals surface area contributed by atoms with Crippen molar-refractivity contribution in [2.75, 3.05) is 0 Å². The highest BCUT2D eigenvalue weighted by Crippen LogP contribution is 2.48. The molecule has 2 saturated carbocycles. The Morgan fingerprint density at radius 2 is 0.606 bits per heavy atom. The van der Waals surface area contributed by atoms with E-state index < -0.39 is 136 Å². The molecule has 0 radical (unpaired) electrons. The molecule has 10 nitrogen and oxygen atoms in total. The lowest BCUT2D eigenvalue weighted by atomic mass is 9.84. The number of benzene rings is 4. The van der Waals surface area contributed by atoms with Crippen LogP contribution < -0.4 is 0 Å². The fourth-order valence-corrected chi connectivity index (χ4v) is 7.72. The van der Waals surface area contributed by atoms with Crippen LogP contribution in [-0.4, -0.2) is 66.3 Å². The first-order valence-corrected chi connectivity index (χ1v) is 19.7. The van der Waals surface area contributed by atoms with Gasteiger partial charge in [0.15, 0.2) is 30.2 Å². The van der Waals surface area contributed by atoms with E-state index in [9.17, 15) is 71.9 Å². The van der Waals surface area contributed by atoms with Gasteiger partial charge in [0.05, 0.1) is 44.5 Å². The summed E-state index contributed by atoms with van der Waals surface area (Å²) in [7, 11) is 0. The van der Waals surface area contributed by atoms with E-state index in [2.05, 4.69) is 0 Å². The molecule has 66 heavy (non-hydrogen) atoms. The quantitative estimate of drug-likeness (QED) is 0.0958. The minimum atomic E-state index is -4.87. The number of hydrogen-bond donors (Lipinski definition) is 0. The Bertz CT molecular complexity index is 2240. The van der Waals surface area contributed by atoms with Gasteiger partial charge in [-0.1, -0.05) is 6.42 Å². The second-order valence-corrected chi connectivity index (χ2v) is 15.4. The van der Waals surface area contributed by atoms with Crippen molar-refractivity contribution in [1.29, 1.82) is 0 Å². The summed E-state index contributed by atoms with van der Waals surface area (Å²) in [4.78, 5) is 55.6. The molecule has 352 valence electrons. The van der Waals surface area contributed by atoms with E-state index in [1.807, 2.05) is 0 Å². The second kappa shape index (κ2) is 17.9. The summed E-state index contributed by atoms with van der Waals surface area (Å²) in [6, 6.07) is 9.91. The SMILES string of the molecule is O=C(O[C@@H]1[C@H](OC(=O)c2ccc(C(F)(F)F)cc2)[C@@H](OC(=O)c2ccc(C(F)(F)F)cc2)[C@@H]2OC3(CCCCC3)O[C@@H]2[C@H]1OC(=O)c1ccc(C(F)(F)F)cc1)c1ccc(C(F)(F)F)cc1. The first-order valence-electron chi connectivity index (χ1n) is 19.7. The van der Waals surface area contributed by atoms with E-state index in [4.69, 9.17) is 28.4 Å². The smallest absolute Gasteiger partial charge is 0.416 e. The van der Waals surface area contributed by atoms with Crippen LogP contribution in [0.2, 0.25) is 0 Å². The highest BCUT2D eigenvalue weighted by Gasteiger charge is 2.65. The van der Waals surface area contributed by atoms with Crippen molar-refractivity contribution in [2.24, 2.45) is 0 Å². The fraction of sp³-hybridized carbons (Fsp3) is 0.364. The monoisotopic (exact) mass is 948 g/mol. The Hall–Kier alpha value is -6.16. The number of rotatable bonds is 8. The van der Waals surface area contributed by atoms with Crippen molar-refractivity contribution in [3.8, 4) is 0 Å². The zero-order valence-corrected chi connectivity index (χ0v) is 33.4. The van der Waals surface area contributed by atoms with Crippen molar-refractivity contribution >= 4 is 23.9 Å². The van der Waals surface area contributed by atoms with Crippen LogP contribution in [0.4, 0.5) is 52.7 Å².